The number of likely N-dealkylation sites (N-methyl/N-ethyl adjacent to an activating group) is 1. The summed E-state index contributed by atoms with van der Waals surface area (Å²) in [6.45, 7) is 0.705. The highest BCUT2D eigenvalue weighted by atomic mass is 32.2. The number of piperidine rings is 1. The number of ether oxygens (including phenoxy) is 2. The van der Waals surface area contributed by atoms with Crippen molar-refractivity contribution in [1.29, 1.82) is 0 Å². The minimum absolute atomic E-state index is 0.110. The number of fused-ring (bicyclic) bond motifs is 5. The van der Waals surface area contributed by atoms with E-state index in [1.54, 1.807) is 32.0 Å². The maximum Gasteiger partial charge on any atom is 0.269 e. The fourth-order valence-electron chi connectivity index (χ4n) is 8.06. The number of hydrogen-bond donors (Lipinski definition) is 1. The quantitative estimate of drug-likeness (QED) is 0.252. The van der Waals surface area contributed by atoms with Crippen molar-refractivity contribution in [2.75, 3.05) is 51.3 Å². The Balaban J connectivity index is 1.51. The predicted molar refractivity (Wildman–Crippen MR) is 168 cm³/mol. The van der Waals surface area contributed by atoms with E-state index in [0.717, 1.165) is 11.1 Å². The van der Waals surface area contributed by atoms with E-state index in [0.29, 0.717) is 53.0 Å². The zero-order valence-corrected chi connectivity index (χ0v) is 25.4. The van der Waals surface area contributed by atoms with Crippen molar-refractivity contribution in [3.63, 3.8) is 0 Å². The van der Waals surface area contributed by atoms with Gasteiger partial charge in [-0.15, -0.1) is 11.8 Å². The molecule has 0 radical (unpaired) electrons. The van der Waals surface area contributed by atoms with Gasteiger partial charge in [-0.3, -0.25) is 24.6 Å². The summed E-state index contributed by atoms with van der Waals surface area (Å²) in [4.78, 5) is 45.9. The molecule has 7 rings (SSSR count). The van der Waals surface area contributed by atoms with E-state index in [9.17, 15) is 14.9 Å². The van der Waals surface area contributed by atoms with E-state index in [1.165, 1.54) is 12.1 Å². The van der Waals surface area contributed by atoms with Gasteiger partial charge in [0, 0.05) is 65.6 Å². The van der Waals surface area contributed by atoms with E-state index < -0.39 is 15.9 Å². The number of nitrogens with zero attached hydrogens (tertiary/aromatic N) is 3. The molecule has 11 heteroatoms. The van der Waals surface area contributed by atoms with Gasteiger partial charge in [-0.25, -0.2) is 0 Å². The van der Waals surface area contributed by atoms with Crippen molar-refractivity contribution in [2.24, 2.45) is 5.41 Å². The SMILES string of the molecule is COc1ccc(/C=C2\CN(C)C[C@@]3(C2=O)[C@@H](c2ccc(OC)cc2)[C@@H]2CSCN2[C@@]32C(=O)Nc3ccc([N+](=O)[O-])cc32)cc1. The second-order valence-corrected chi connectivity index (χ2v) is 12.9. The first-order chi connectivity index (χ1) is 21.2. The van der Waals surface area contributed by atoms with Crippen LogP contribution >= 0.6 is 11.8 Å². The Kier molecular flexibility index (Phi) is 6.80. The number of carbonyl (C=O) groups excluding carboxylic acids is 2. The van der Waals surface area contributed by atoms with Crippen molar-refractivity contribution in [3.05, 3.63) is 99.1 Å². The number of hydrogen-bond acceptors (Lipinski definition) is 9. The Hall–Kier alpha value is -4.19. The third-order valence-electron chi connectivity index (χ3n) is 9.68. The lowest BCUT2D eigenvalue weighted by Crippen LogP contribution is -2.65. The smallest absolute Gasteiger partial charge is 0.269 e. The van der Waals surface area contributed by atoms with E-state index in [-0.39, 0.29) is 29.3 Å². The number of non-ortho nitro benzene ring substituents is 1. The highest BCUT2D eigenvalue weighted by molar-refractivity contribution is 7.99. The number of Topliss-reactive ketones (excluding diaryl/α,β-unsaturated/α-hetero) is 1. The molecule has 1 N–H and O–H groups in total. The van der Waals surface area contributed by atoms with Crippen molar-refractivity contribution in [3.8, 4) is 11.5 Å². The molecule has 3 aromatic rings. The monoisotopic (exact) mass is 612 g/mol. The highest BCUT2D eigenvalue weighted by Gasteiger charge is 2.78. The van der Waals surface area contributed by atoms with Gasteiger partial charge in [0.1, 0.15) is 17.0 Å². The summed E-state index contributed by atoms with van der Waals surface area (Å²) in [5.41, 5.74) is 0.496. The molecule has 44 heavy (non-hydrogen) atoms. The molecule has 3 aromatic carbocycles. The van der Waals surface area contributed by atoms with Crippen molar-refractivity contribution < 1.29 is 24.0 Å². The van der Waals surface area contributed by atoms with Crippen molar-refractivity contribution in [2.45, 2.75) is 17.5 Å². The Labute approximate surface area is 259 Å². The molecule has 0 aromatic heterocycles. The summed E-state index contributed by atoms with van der Waals surface area (Å²) < 4.78 is 10.8. The van der Waals surface area contributed by atoms with Gasteiger partial charge in [0.15, 0.2) is 5.78 Å². The minimum Gasteiger partial charge on any atom is -0.497 e. The largest absolute Gasteiger partial charge is 0.497 e. The van der Waals surface area contributed by atoms with Crippen LogP contribution in [-0.4, -0.2) is 78.4 Å². The van der Waals surface area contributed by atoms with Gasteiger partial charge >= 0.3 is 0 Å². The van der Waals surface area contributed by atoms with Gasteiger partial charge in [0.25, 0.3) is 11.6 Å². The third-order valence-corrected chi connectivity index (χ3v) is 10.7. The van der Waals surface area contributed by atoms with Crippen LogP contribution in [0.5, 0.6) is 11.5 Å². The van der Waals surface area contributed by atoms with E-state index >= 15 is 4.79 Å². The minimum atomic E-state index is -1.46. The fourth-order valence-corrected chi connectivity index (χ4v) is 9.36. The number of nitro benzene ring substituents is 1. The third kappa shape index (κ3) is 3.89. The number of ketones is 1. The lowest BCUT2D eigenvalue weighted by atomic mass is 9.55. The van der Waals surface area contributed by atoms with Crippen LogP contribution in [-0.2, 0) is 15.1 Å². The summed E-state index contributed by atoms with van der Waals surface area (Å²) >= 11 is 1.71. The molecule has 0 saturated carbocycles. The molecule has 0 bridgehead atoms. The first kappa shape index (κ1) is 28.6. The first-order valence-electron chi connectivity index (χ1n) is 14.4. The second-order valence-electron chi connectivity index (χ2n) is 11.9. The Morgan fingerprint density at radius 3 is 2.36 bits per heavy atom. The van der Waals surface area contributed by atoms with Gasteiger partial charge < -0.3 is 19.7 Å². The molecule has 4 aliphatic rings. The van der Waals surface area contributed by atoms with Gasteiger partial charge in [0.05, 0.1) is 24.6 Å². The molecule has 226 valence electrons. The van der Waals surface area contributed by atoms with Crippen LogP contribution in [0.4, 0.5) is 11.4 Å². The lowest BCUT2D eigenvalue weighted by molar-refractivity contribution is -0.385. The second kappa shape index (κ2) is 10.5. The Morgan fingerprint density at radius 1 is 1.02 bits per heavy atom. The van der Waals surface area contributed by atoms with Crippen LogP contribution in [0.15, 0.2) is 72.3 Å². The van der Waals surface area contributed by atoms with Gasteiger partial charge in [-0.1, -0.05) is 24.3 Å². The number of carbonyl (C=O) groups is 2. The molecule has 4 aliphatic heterocycles. The number of methoxy groups -OCH3 is 2. The summed E-state index contributed by atoms with van der Waals surface area (Å²) in [6.07, 6.45) is 1.90. The standard InChI is InChI=1S/C33H32N4O6S/c1-35-16-22(14-20-4-9-24(42-2)10-5-20)30(38)32(18-35)29(21-6-11-25(43-3)12-7-21)28-17-44-19-36(28)33(32)26-15-23(37(40)41)8-13-27(26)34-31(33)39/h4-15,28-29H,16-19H2,1-3H3,(H,34,39)/b22-14+/t28-,29-,32-,33-/m0/s1. The van der Waals surface area contributed by atoms with Gasteiger partial charge in [-0.05, 0) is 54.6 Å². The summed E-state index contributed by atoms with van der Waals surface area (Å²) in [5.74, 6) is 1.83. The summed E-state index contributed by atoms with van der Waals surface area (Å²) in [6, 6.07) is 19.6. The van der Waals surface area contributed by atoms with Crippen LogP contribution in [0.3, 0.4) is 0 Å². The first-order valence-corrected chi connectivity index (χ1v) is 15.6. The number of anilines is 1. The number of rotatable bonds is 5. The van der Waals surface area contributed by atoms with Crippen LogP contribution in [0, 0.1) is 15.5 Å². The van der Waals surface area contributed by atoms with E-state index in [2.05, 4.69) is 15.1 Å². The number of nitrogens with one attached hydrogen (secondary N) is 1. The zero-order chi connectivity index (χ0) is 30.8. The molecular weight excluding hydrogens is 580 g/mol. The van der Waals surface area contributed by atoms with E-state index in [4.69, 9.17) is 9.47 Å². The maximum atomic E-state index is 15.4. The molecule has 2 spiro atoms. The Bertz CT molecular complexity index is 1710. The normalized spacial score (nSPS) is 28.8. The van der Waals surface area contributed by atoms with Crippen molar-refractivity contribution >= 4 is 40.9 Å². The number of thioether (sulfide) groups is 1. The average Bonchev–Trinajstić information content (AvgIpc) is 3.67. The lowest BCUT2D eigenvalue weighted by Gasteiger charge is -2.51. The molecule has 1 amide bonds. The molecule has 4 heterocycles. The maximum absolute atomic E-state index is 15.4. The zero-order valence-electron chi connectivity index (χ0n) is 24.6. The molecule has 0 unspecified atom stereocenters. The number of nitro groups is 1. The molecule has 3 saturated heterocycles. The van der Waals surface area contributed by atoms with E-state index in [1.807, 2.05) is 61.7 Å². The Morgan fingerprint density at radius 2 is 1.70 bits per heavy atom. The van der Waals surface area contributed by atoms with Crippen LogP contribution in [0.25, 0.3) is 6.08 Å². The molecule has 0 aliphatic carbocycles. The summed E-state index contributed by atoms with van der Waals surface area (Å²) in [5, 5.41) is 15.1. The van der Waals surface area contributed by atoms with Crippen LogP contribution in [0.1, 0.15) is 22.6 Å². The molecule has 4 atom stereocenters. The van der Waals surface area contributed by atoms with Gasteiger partial charge in [0.2, 0.25) is 0 Å². The number of benzene rings is 3. The number of amides is 1. The molecular formula is C33H32N4O6S. The highest BCUT2D eigenvalue weighted by Crippen LogP contribution is 2.68. The van der Waals surface area contributed by atoms with Crippen LogP contribution < -0.4 is 14.8 Å². The van der Waals surface area contributed by atoms with Crippen molar-refractivity contribution in [1.82, 2.24) is 9.80 Å². The van der Waals surface area contributed by atoms with Gasteiger partial charge in [-0.2, -0.15) is 0 Å². The topological polar surface area (TPSA) is 114 Å². The number of likely N-dealkylation sites (tertiary alicyclic amines) is 1. The molecule has 10 nitrogen and oxygen atoms in total. The predicted octanol–water partition coefficient (Wildman–Crippen LogP) is 4.52. The average molecular weight is 613 g/mol. The fraction of sp³-hybridized carbons (Fsp3) is 0.333. The van der Waals surface area contributed by atoms with Crippen LogP contribution in [0.2, 0.25) is 0 Å². The molecule has 3 fully saturated rings. The summed E-state index contributed by atoms with van der Waals surface area (Å²) in [7, 11) is 5.18.